The van der Waals surface area contributed by atoms with E-state index >= 15 is 0 Å². The van der Waals surface area contributed by atoms with Gasteiger partial charge in [0.05, 0.1) is 0 Å². The van der Waals surface area contributed by atoms with Gasteiger partial charge in [0.15, 0.2) is 0 Å². The van der Waals surface area contributed by atoms with Gasteiger partial charge in [-0.15, -0.1) is 11.8 Å². The molecule has 3 rings (SSSR count). The molecule has 0 atom stereocenters. The molecule has 1 aliphatic heterocycles. The van der Waals surface area contributed by atoms with Gasteiger partial charge in [0.25, 0.3) is 11.8 Å². The van der Waals surface area contributed by atoms with Gasteiger partial charge in [0.2, 0.25) is 0 Å². The molecular formula is C23H20N2O2S. The van der Waals surface area contributed by atoms with E-state index in [1.165, 1.54) is 4.90 Å². The minimum atomic E-state index is -0.518. The van der Waals surface area contributed by atoms with Crippen LogP contribution in [0, 0.1) is 11.3 Å². The average molecular weight is 388 g/mol. The zero-order valence-electron chi connectivity index (χ0n) is 15.8. The fraction of sp³-hybridized carbons (Fsp3) is 0.174. The number of nitrogens with zero attached hydrogens (tertiary/aromatic N) is 2. The third-order valence-corrected chi connectivity index (χ3v) is 5.46. The Labute approximate surface area is 169 Å². The topological polar surface area (TPSA) is 61.2 Å². The van der Waals surface area contributed by atoms with Gasteiger partial charge < -0.3 is 0 Å². The molecule has 2 aromatic carbocycles. The molecule has 5 heteroatoms. The summed E-state index contributed by atoms with van der Waals surface area (Å²) in [5, 5.41) is 9.48. The van der Waals surface area contributed by atoms with Crippen LogP contribution in [0.15, 0.2) is 76.2 Å². The first-order valence-corrected chi connectivity index (χ1v) is 10.1. The molecule has 140 valence electrons. The SMILES string of the molecule is CSc1ccc(/C=C2/C(=O)N(CCc3ccccc3)C(=O)C(C#N)=C2C)cc1. The van der Waals surface area contributed by atoms with E-state index in [4.69, 9.17) is 0 Å². The smallest absolute Gasteiger partial charge is 0.271 e. The Morgan fingerprint density at radius 2 is 1.71 bits per heavy atom. The summed E-state index contributed by atoms with van der Waals surface area (Å²) in [5.74, 6) is -0.873. The van der Waals surface area contributed by atoms with E-state index < -0.39 is 5.91 Å². The number of carbonyl (C=O) groups is 2. The van der Waals surface area contributed by atoms with E-state index in [9.17, 15) is 14.9 Å². The molecule has 0 aliphatic carbocycles. The highest BCUT2D eigenvalue weighted by Gasteiger charge is 2.35. The van der Waals surface area contributed by atoms with Gasteiger partial charge in [-0.25, -0.2) is 0 Å². The lowest BCUT2D eigenvalue weighted by molar-refractivity contribution is -0.140. The van der Waals surface area contributed by atoms with Gasteiger partial charge in [-0.05, 0) is 54.5 Å². The number of hydrogen-bond acceptors (Lipinski definition) is 4. The summed E-state index contributed by atoms with van der Waals surface area (Å²) in [4.78, 5) is 28.0. The van der Waals surface area contributed by atoms with Gasteiger partial charge in [-0.2, -0.15) is 5.26 Å². The summed E-state index contributed by atoms with van der Waals surface area (Å²) in [5.41, 5.74) is 2.74. The Morgan fingerprint density at radius 1 is 1.04 bits per heavy atom. The predicted octanol–water partition coefficient (Wildman–Crippen LogP) is 4.24. The molecule has 0 bridgehead atoms. The van der Waals surface area contributed by atoms with Gasteiger partial charge >= 0.3 is 0 Å². The van der Waals surface area contributed by atoms with Crippen molar-refractivity contribution in [2.24, 2.45) is 0 Å². The molecule has 0 spiro atoms. The van der Waals surface area contributed by atoms with E-state index in [2.05, 4.69) is 0 Å². The standard InChI is InChI=1S/C23H20N2O2S/c1-16-20(14-18-8-10-19(28-2)11-9-18)22(26)25(23(27)21(16)15-24)13-12-17-6-4-3-5-7-17/h3-11,14H,12-13H2,1-2H3/b20-14+. The zero-order chi connectivity index (χ0) is 20.1. The molecule has 0 saturated carbocycles. The van der Waals surface area contributed by atoms with Crippen LogP contribution in [0.2, 0.25) is 0 Å². The lowest BCUT2D eigenvalue weighted by Gasteiger charge is -2.27. The van der Waals surface area contributed by atoms with Crippen molar-refractivity contribution >= 4 is 29.7 Å². The molecule has 28 heavy (non-hydrogen) atoms. The van der Waals surface area contributed by atoms with Crippen LogP contribution < -0.4 is 0 Å². The number of benzene rings is 2. The fourth-order valence-electron chi connectivity index (χ4n) is 3.09. The molecule has 1 aliphatic rings. The molecule has 2 aromatic rings. The number of rotatable bonds is 5. The molecule has 4 nitrogen and oxygen atoms in total. The maximum Gasteiger partial charge on any atom is 0.271 e. The molecule has 0 saturated heterocycles. The van der Waals surface area contributed by atoms with Crippen LogP contribution in [0.4, 0.5) is 0 Å². The second-order valence-electron chi connectivity index (χ2n) is 6.44. The largest absolute Gasteiger partial charge is 0.273 e. The van der Waals surface area contributed by atoms with Crippen LogP contribution in [0.5, 0.6) is 0 Å². The quantitative estimate of drug-likeness (QED) is 0.437. The molecular weight excluding hydrogens is 368 g/mol. The zero-order valence-corrected chi connectivity index (χ0v) is 16.6. The van der Waals surface area contributed by atoms with Crippen molar-refractivity contribution < 1.29 is 9.59 Å². The van der Waals surface area contributed by atoms with Gasteiger partial charge in [0.1, 0.15) is 11.6 Å². The summed E-state index contributed by atoms with van der Waals surface area (Å²) in [7, 11) is 0. The van der Waals surface area contributed by atoms with Gasteiger partial charge in [0, 0.05) is 17.0 Å². The number of nitriles is 1. The minimum absolute atomic E-state index is 0.0274. The normalized spacial score (nSPS) is 15.9. The second-order valence-corrected chi connectivity index (χ2v) is 7.32. The van der Waals surface area contributed by atoms with Crippen molar-refractivity contribution in [1.29, 1.82) is 5.26 Å². The lowest BCUT2D eigenvalue weighted by atomic mass is 9.93. The van der Waals surface area contributed by atoms with E-state index in [0.717, 1.165) is 16.0 Å². The van der Waals surface area contributed by atoms with Crippen molar-refractivity contribution in [3.8, 4) is 6.07 Å². The Bertz CT molecular complexity index is 999. The maximum atomic E-state index is 13.0. The first-order chi connectivity index (χ1) is 13.5. The van der Waals surface area contributed by atoms with Crippen LogP contribution in [-0.4, -0.2) is 29.5 Å². The van der Waals surface area contributed by atoms with Crippen LogP contribution >= 0.6 is 11.8 Å². The van der Waals surface area contributed by atoms with Crippen molar-refractivity contribution in [2.45, 2.75) is 18.2 Å². The van der Waals surface area contributed by atoms with E-state index in [1.54, 1.807) is 24.8 Å². The Hall–Kier alpha value is -3.10. The first-order valence-electron chi connectivity index (χ1n) is 8.92. The number of thioether (sulfide) groups is 1. The number of imide groups is 1. The third kappa shape index (κ3) is 4.08. The number of carbonyl (C=O) groups excluding carboxylic acids is 2. The summed E-state index contributed by atoms with van der Waals surface area (Å²) in [6, 6.07) is 19.5. The first kappa shape index (κ1) is 19.7. The van der Waals surface area contributed by atoms with E-state index in [1.807, 2.05) is 66.9 Å². The Morgan fingerprint density at radius 3 is 2.32 bits per heavy atom. The third-order valence-electron chi connectivity index (χ3n) is 4.72. The summed E-state index contributed by atoms with van der Waals surface area (Å²) >= 11 is 1.64. The summed E-state index contributed by atoms with van der Waals surface area (Å²) < 4.78 is 0. The lowest BCUT2D eigenvalue weighted by Crippen LogP contribution is -2.43. The molecule has 0 N–H and O–H groups in total. The second kappa shape index (κ2) is 8.73. The van der Waals surface area contributed by atoms with Crippen molar-refractivity contribution in [3.05, 3.63) is 82.4 Å². The molecule has 0 unspecified atom stereocenters. The van der Waals surface area contributed by atoms with E-state index in [0.29, 0.717) is 17.6 Å². The fourth-order valence-corrected chi connectivity index (χ4v) is 3.49. The highest BCUT2D eigenvalue weighted by Crippen LogP contribution is 2.27. The van der Waals surface area contributed by atoms with Crippen LogP contribution in [-0.2, 0) is 16.0 Å². The molecule has 0 radical (unpaired) electrons. The van der Waals surface area contributed by atoms with Crippen molar-refractivity contribution in [1.82, 2.24) is 4.90 Å². The Balaban J connectivity index is 1.93. The van der Waals surface area contributed by atoms with Crippen LogP contribution in [0.1, 0.15) is 18.1 Å². The Kier molecular flexibility index (Phi) is 6.13. The van der Waals surface area contributed by atoms with Crippen molar-refractivity contribution in [3.63, 3.8) is 0 Å². The average Bonchev–Trinajstić information content (AvgIpc) is 2.72. The van der Waals surface area contributed by atoms with Gasteiger partial charge in [-0.3, -0.25) is 14.5 Å². The van der Waals surface area contributed by atoms with Gasteiger partial charge in [-0.1, -0.05) is 42.5 Å². The van der Waals surface area contributed by atoms with Crippen LogP contribution in [0.3, 0.4) is 0 Å². The minimum Gasteiger partial charge on any atom is -0.273 e. The number of hydrogen-bond donors (Lipinski definition) is 0. The molecule has 1 heterocycles. The highest BCUT2D eigenvalue weighted by molar-refractivity contribution is 7.98. The molecule has 0 fully saturated rings. The van der Waals surface area contributed by atoms with Crippen molar-refractivity contribution in [2.75, 3.05) is 12.8 Å². The predicted molar refractivity (Wildman–Crippen MR) is 111 cm³/mol. The van der Waals surface area contributed by atoms with Crippen LogP contribution in [0.25, 0.3) is 6.08 Å². The molecule has 0 aromatic heterocycles. The number of amides is 2. The van der Waals surface area contributed by atoms with E-state index in [-0.39, 0.29) is 18.0 Å². The molecule has 2 amide bonds. The summed E-state index contributed by atoms with van der Waals surface area (Å²) in [6.07, 6.45) is 4.30. The highest BCUT2D eigenvalue weighted by atomic mass is 32.2. The monoisotopic (exact) mass is 388 g/mol. The summed E-state index contributed by atoms with van der Waals surface area (Å²) in [6.45, 7) is 1.90. The maximum absolute atomic E-state index is 13.0.